The van der Waals surface area contributed by atoms with Crippen LogP contribution in [0.2, 0.25) is 0 Å². The molecule has 0 spiro atoms. The van der Waals surface area contributed by atoms with Crippen LogP contribution in [-0.2, 0) is 19.0 Å². The number of nitrogens with zero attached hydrogens (tertiary/aromatic N) is 2. The van der Waals surface area contributed by atoms with Gasteiger partial charge in [-0.1, -0.05) is 24.8 Å². The molecule has 0 bridgehead atoms. The molecule has 0 radical (unpaired) electrons. The lowest BCUT2D eigenvalue weighted by molar-refractivity contribution is -0.137. The van der Waals surface area contributed by atoms with E-state index >= 15 is 0 Å². The van der Waals surface area contributed by atoms with Gasteiger partial charge in [0.15, 0.2) is 0 Å². The van der Waals surface area contributed by atoms with Gasteiger partial charge >= 0.3 is 6.18 Å². The fourth-order valence-electron chi connectivity index (χ4n) is 4.44. The van der Waals surface area contributed by atoms with Crippen molar-refractivity contribution in [2.45, 2.75) is 50.4 Å². The van der Waals surface area contributed by atoms with Gasteiger partial charge in [-0.15, -0.1) is 0 Å². The van der Waals surface area contributed by atoms with Gasteiger partial charge in [0.2, 0.25) is 0 Å². The van der Waals surface area contributed by atoms with E-state index in [1.165, 1.54) is 23.4 Å². The van der Waals surface area contributed by atoms with E-state index in [2.05, 4.69) is 21.7 Å². The van der Waals surface area contributed by atoms with Crippen LogP contribution in [0.1, 0.15) is 41.8 Å². The monoisotopic (exact) mass is 413 g/mol. The molecular formula is C23H22F3N3O. The molecule has 2 aliphatic carbocycles. The number of hydrogen-bond acceptors (Lipinski definition) is 3. The van der Waals surface area contributed by atoms with Crippen LogP contribution in [0.3, 0.4) is 0 Å². The number of aromatic nitrogens is 2. The fraction of sp³-hybridized carbons (Fsp3) is 0.348. The number of alkyl halides is 3. The van der Waals surface area contributed by atoms with E-state index in [1.54, 1.807) is 18.2 Å². The van der Waals surface area contributed by atoms with Crippen molar-refractivity contribution in [3.63, 3.8) is 0 Å². The summed E-state index contributed by atoms with van der Waals surface area (Å²) in [6.07, 6.45) is 2.43. The van der Waals surface area contributed by atoms with Crippen molar-refractivity contribution in [3.05, 3.63) is 71.8 Å². The summed E-state index contributed by atoms with van der Waals surface area (Å²) >= 11 is 0. The number of rotatable bonds is 5. The van der Waals surface area contributed by atoms with Crippen molar-refractivity contribution in [2.75, 3.05) is 0 Å². The van der Waals surface area contributed by atoms with E-state index in [4.69, 9.17) is 4.42 Å². The van der Waals surface area contributed by atoms with Gasteiger partial charge in [0.25, 0.3) is 0 Å². The minimum atomic E-state index is -4.44. The molecule has 4 nitrogen and oxygen atoms in total. The van der Waals surface area contributed by atoms with Crippen molar-refractivity contribution in [2.24, 2.45) is 0 Å². The molecule has 2 aromatic heterocycles. The molecule has 1 unspecified atom stereocenters. The van der Waals surface area contributed by atoms with Gasteiger partial charge < -0.3 is 9.32 Å². The van der Waals surface area contributed by atoms with Gasteiger partial charge in [-0.2, -0.15) is 18.3 Å². The number of nitrogens with one attached hydrogen (secondary N) is 1. The average molecular weight is 413 g/mol. The number of fused-ring (bicyclic) bond motifs is 1. The molecule has 1 atom stereocenters. The summed E-state index contributed by atoms with van der Waals surface area (Å²) in [6.45, 7) is 4.27. The largest absolute Gasteiger partial charge is 0.455 e. The number of aryl methyl sites for hydroxylation is 1. The molecule has 0 amide bonds. The lowest BCUT2D eigenvalue weighted by atomic mass is 9.92. The second-order valence-electron chi connectivity index (χ2n) is 8.06. The van der Waals surface area contributed by atoms with Gasteiger partial charge in [-0.25, -0.2) is 0 Å². The molecule has 0 aliphatic heterocycles. The highest BCUT2D eigenvalue weighted by molar-refractivity contribution is 5.67. The molecule has 1 fully saturated rings. The Kier molecular flexibility index (Phi) is 4.49. The van der Waals surface area contributed by atoms with Crippen molar-refractivity contribution >= 4 is 5.70 Å². The molecule has 156 valence electrons. The molecule has 3 aromatic rings. The first-order chi connectivity index (χ1) is 14.4. The van der Waals surface area contributed by atoms with Crippen LogP contribution in [0, 0.1) is 0 Å². The highest BCUT2D eigenvalue weighted by Crippen LogP contribution is 2.41. The highest BCUT2D eigenvalue weighted by Gasteiger charge is 2.38. The maximum atomic E-state index is 13.4. The number of halogens is 3. The predicted octanol–water partition coefficient (Wildman–Crippen LogP) is 5.68. The molecule has 2 heterocycles. The summed E-state index contributed by atoms with van der Waals surface area (Å²) in [4.78, 5) is 2.31. The number of H-pyrrole nitrogens is 1. The van der Waals surface area contributed by atoms with Gasteiger partial charge in [0.1, 0.15) is 11.5 Å². The van der Waals surface area contributed by atoms with Crippen LogP contribution in [0.15, 0.2) is 53.6 Å². The molecule has 1 N–H and O–H groups in total. The number of benzene rings is 1. The Balaban J connectivity index is 1.43. The number of aromatic amines is 1. The van der Waals surface area contributed by atoms with Crippen LogP contribution in [-0.4, -0.2) is 27.2 Å². The summed E-state index contributed by atoms with van der Waals surface area (Å²) in [5.41, 5.74) is 2.50. The average Bonchev–Trinajstić information content (AvgIpc) is 3.25. The zero-order valence-corrected chi connectivity index (χ0v) is 16.4. The molecule has 5 rings (SSSR count). The van der Waals surface area contributed by atoms with E-state index in [1.807, 2.05) is 6.20 Å². The van der Waals surface area contributed by atoms with E-state index in [0.717, 1.165) is 43.9 Å². The smallest absolute Gasteiger partial charge is 0.417 e. The first kappa shape index (κ1) is 19.0. The SMILES string of the molecule is C=C(c1ccc(-c2ccccc2C(F)(F)F)o1)N(C1CC1)C1CCc2[nH]ncc2C1. The summed E-state index contributed by atoms with van der Waals surface area (Å²) in [6, 6.07) is 9.51. The molecular weight excluding hydrogens is 391 g/mol. The third-order valence-electron chi connectivity index (χ3n) is 6.02. The Hall–Kier alpha value is -2.96. The maximum Gasteiger partial charge on any atom is 0.417 e. The van der Waals surface area contributed by atoms with Gasteiger partial charge in [-0.05, 0) is 55.9 Å². The Labute approximate surface area is 172 Å². The van der Waals surface area contributed by atoms with Crippen LogP contribution in [0.5, 0.6) is 0 Å². The molecule has 2 aliphatic rings. The molecule has 0 saturated heterocycles. The Morgan fingerprint density at radius 3 is 2.67 bits per heavy atom. The van der Waals surface area contributed by atoms with Crippen LogP contribution in [0.25, 0.3) is 17.0 Å². The molecule has 1 aromatic carbocycles. The fourth-order valence-corrected chi connectivity index (χ4v) is 4.44. The van der Waals surface area contributed by atoms with E-state index < -0.39 is 11.7 Å². The second-order valence-corrected chi connectivity index (χ2v) is 8.06. The Bertz CT molecular complexity index is 1080. The van der Waals surface area contributed by atoms with Crippen LogP contribution in [0.4, 0.5) is 13.2 Å². The topological polar surface area (TPSA) is 45.1 Å². The first-order valence-electron chi connectivity index (χ1n) is 10.2. The van der Waals surface area contributed by atoms with Crippen molar-refractivity contribution in [3.8, 4) is 11.3 Å². The maximum absolute atomic E-state index is 13.4. The summed E-state index contributed by atoms with van der Waals surface area (Å²) in [7, 11) is 0. The second kappa shape index (κ2) is 7.07. The normalized spacial score (nSPS) is 18.8. The third kappa shape index (κ3) is 3.42. The summed E-state index contributed by atoms with van der Waals surface area (Å²) in [5.74, 6) is 0.724. The molecule has 30 heavy (non-hydrogen) atoms. The first-order valence-corrected chi connectivity index (χ1v) is 10.2. The van der Waals surface area contributed by atoms with Crippen LogP contribution < -0.4 is 0 Å². The zero-order chi connectivity index (χ0) is 20.9. The lowest BCUT2D eigenvalue weighted by Gasteiger charge is -2.36. The van der Waals surface area contributed by atoms with Gasteiger partial charge in [0, 0.05) is 23.3 Å². The minimum absolute atomic E-state index is 0.0442. The lowest BCUT2D eigenvalue weighted by Crippen LogP contribution is -2.39. The van der Waals surface area contributed by atoms with E-state index in [-0.39, 0.29) is 17.4 Å². The van der Waals surface area contributed by atoms with Crippen molar-refractivity contribution < 1.29 is 17.6 Å². The zero-order valence-electron chi connectivity index (χ0n) is 16.4. The third-order valence-corrected chi connectivity index (χ3v) is 6.02. The quantitative estimate of drug-likeness (QED) is 0.585. The molecule has 7 heteroatoms. The summed E-state index contributed by atoms with van der Waals surface area (Å²) < 4.78 is 46.1. The van der Waals surface area contributed by atoms with Crippen molar-refractivity contribution in [1.82, 2.24) is 15.1 Å². The summed E-state index contributed by atoms with van der Waals surface area (Å²) in [5, 5.41) is 7.21. The standard InChI is InChI=1S/C23H22F3N3O/c1-14(29(16-6-7-16)17-8-9-20-15(12-17)13-27-28-20)21-10-11-22(30-21)18-4-2-3-5-19(18)23(24,25)26/h2-5,10-11,13,16-17H,1,6-9,12H2,(H,27,28). The van der Waals surface area contributed by atoms with Gasteiger partial charge in [0.05, 0.1) is 17.5 Å². The number of hydrogen-bond donors (Lipinski definition) is 1. The van der Waals surface area contributed by atoms with E-state index in [0.29, 0.717) is 11.8 Å². The highest BCUT2D eigenvalue weighted by atomic mass is 19.4. The predicted molar refractivity (Wildman–Crippen MR) is 107 cm³/mol. The minimum Gasteiger partial charge on any atom is -0.455 e. The number of furan rings is 1. The Morgan fingerprint density at radius 1 is 1.10 bits per heavy atom. The molecule has 1 saturated carbocycles. The van der Waals surface area contributed by atoms with Crippen LogP contribution >= 0.6 is 0 Å². The van der Waals surface area contributed by atoms with Gasteiger partial charge in [-0.3, -0.25) is 5.10 Å². The Morgan fingerprint density at radius 2 is 1.90 bits per heavy atom. The van der Waals surface area contributed by atoms with E-state index in [9.17, 15) is 13.2 Å². The van der Waals surface area contributed by atoms with Crippen molar-refractivity contribution in [1.29, 1.82) is 0 Å².